The molecule has 0 aliphatic carbocycles. The average molecular weight is 452 g/mol. The molecule has 2 N–H and O–H groups in total. The van der Waals surface area contributed by atoms with E-state index in [9.17, 15) is 13.2 Å². The summed E-state index contributed by atoms with van der Waals surface area (Å²) in [4.78, 5) is 16.6. The number of anilines is 2. The van der Waals surface area contributed by atoms with E-state index < -0.39 is 10.0 Å². The van der Waals surface area contributed by atoms with Crippen molar-refractivity contribution in [1.82, 2.24) is 4.98 Å². The zero-order chi connectivity index (χ0) is 21.0. The third kappa shape index (κ3) is 5.47. The monoisotopic (exact) mass is 451 g/mol. The third-order valence-corrected chi connectivity index (χ3v) is 6.41. The normalized spacial score (nSPS) is 11.1. The number of aromatic nitrogens is 1. The number of aryl methyl sites for hydroxylation is 1. The number of ether oxygens (including phenoxy) is 1. The molecule has 0 fully saturated rings. The fourth-order valence-electron chi connectivity index (χ4n) is 2.50. The number of methoxy groups -OCH3 is 1. The van der Waals surface area contributed by atoms with E-state index >= 15 is 0 Å². The highest BCUT2D eigenvalue weighted by Crippen LogP contribution is 2.26. The second-order valence-electron chi connectivity index (χ2n) is 6.13. The van der Waals surface area contributed by atoms with Crippen LogP contribution in [0.2, 0.25) is 5.02 Å². The molecule has 0 radical (unpaired) electrons. The van der Waals surface area contributed by atoms with E-state index in [0.29, 0.717) is 22.2 Å². The first-order chi connectivity index (χ1) is 13.8. The van der Waals surface area contributed by atoms with E-state index in [1.165, 1.54) is 31.4 Å². The molecular weight excluding hydrogens is 434 g/mol. The van der Waals surface area contributed by atoms with Gasteiger partial charge >= 0.3 is 0 Å². The van der Waals surface area contributed by atoms with Gasteiger partial charge in [0.25, 0.3) is 10.0 Å². The van der Waals surface area contributed by atoms with Gasteiger partial charge in [-0.2, -0.15) is 0 Å². The Morgan fingerprint density at radius 1 is 1.21 bits per heavy atom. The molecule has 0 aliphatic rings. The molecular formula is C19H18ClN3O4S2. The quantitative estimate of drug-likeness (QED) is 0.563. The number of halogens is 1. The summed E-state index contributed by atoms with van der Waals surface area (Å²) in [6.45, 7) is 1.91. The van der Waals surface area contributed by atoms with Crippen molar-refractivity contribution in [3.63, 3.8) is 0 Å². The molecule has 152 valence electrons. The molecule has 1 aromatic heterocycles. The fourth-order valence-corrected chi connectivity index (χ4v) is 4.59. The van der Waals surface area contributed by atoms with E-state index in [0.717, 1.165) is 16.9 Å². The number of sulfonamides is 1. The Morgan fingerprint density at radius 3 is 2.62 bits per heavy atom. The predicted molar refractivity (Wildman–Crippen MR) is 114 cm³/mol. The van der Waals surface area contributed by atoms with E-state index in [2.05, 4.69) is 15.0 Å². The molecule has 7 nitrogen and oxygen atoms in total. The summed E-state index contributed by atoms with van der Waals surface area (Å²) in [5.74, 6) is 0.268. The summed E-state index contributed by atoms with van der Waals surface area (Å²) in [7, 11) is -2.26. The maximum Gasteiger partial charge on any atom is 0.263 e. The van der Waals surface area contributed by atoms with E-state index in [-0.39, 0.29) is 22.4 Å². The average Bonchev–Trinajstić information content (AvgIpc) is 3.08. The summed E-state index contributed by atoms with van der Waals surface area (Å²) in [6.07, 6.45) is -0.00370. The molecule has 0 bridgehead atoms. The molecule has 0 atom stereocenters. The number of thiazole rings is 1. The lowest BCUT2D eigenvalue weighted by atomic mass is 10.2. The molecule has 0 saturated carbocycles. The molecule has 2 aromatic carbocycles. The summed E-state index contributed by atoms with van der Waals surface area (Å²) in [5, 5.41) is 5.04. The van der Waals surface area contributed by atoms with Gasteiger partial charge in [-0.05, 0) is 48.9 Å². The van der Waals surface area contributed by atoms with Gasteiger partial charge in [0.05, 0.1) is 29.8 Å². The smallest absolute Gasteiger partial charge is 0.263 e. The second kappa shape index (κ2) is 8.81. The van der Waals surface area contributed by atoms with Gasteiger partial charge in [-0.25, -0.2) is 13.4 Å². The van der Waals surface area contributed by atoms with Crippen LogP contribution < -0.4 is 14.8 Å². The molecule has 0 aliphatic heterocycles. The zero-order valence-electron chi connectivity index (χ0n) is 15.6. The van der Waals surface area contributed by atoms with Crippen LogP contribution in [0.15, 0.2) is 52.7 Å². The van der Waals surface area contributed by atoms with Gasteiger partial charge in [-0.15, -0.1) is 11.3 Å². The Labute approximate surface area is 177 Å². The first-order valence-corrected chi connectivity index (χ1v) is 11.2. The van der Waals surface area contributed by atoms with E-state index in [1.54, 1.807) is 11.4 Å². The number of hydrogen-bond donors (Lipinski definition) is 2. The summed E-state index contributed by atoms with van der Waals surface area (Å²) < 4.78 is 32.5. The molecule has 29 heavy (non-hydrogen) atoms. The maximum absolute atomic E-state index is 12.4. The van der Waals surface area contributed by atoms with Gasteiger partial charge in [0.2, 0.25) is 5.91 Å². The zero-order valence-corrected chi connectivity index (χ0v) is 18.0. The molecule has 3 aromatic rings. The first kappa shape index (κ1) is 21.1. The van der Waals surface area contributed by atoms with Crippen molar-refractivity contribution in [2.45, 2.75) is 18.2 Å². The minimum absolute atomic E-state index is 0.00370. The van der Waals surface area contributed by atoms with Crippen LogP contribution in [0.25, 0.3) is 0 Å². The summed E-state index contributed by atoms with van der Waals surface area (Å²) >= 11 is 6.89. The van der Waals surface area contributed by atoms with Crippen molar-refractivity contribution in [2.24, 2.45) is 0 Å². The highest BCUT2D eigenvalue weighted by Gasteiger charge is 2.17. The maximum atomic E-state index is 12.4. The molecule has 10 heteroatoms. The predicted octanol–water partition coefficient (Wildman–Crippen LogP) is 4.10. The SMILES string of the molecule is COc1ccc(C)cc1NC(=O)Cc1csc(NS(=O)(=O)c2ccc(Cl)cc2)n1. The topological polar surface area (TPSA) is 97.4 Å². The molecule has 3 rings (SSSR count). The van der Waals surface area contributed by atoms with Crippen molar-refractivity contribution in [3.05, 3.63) is 64.1 Å². The lowest BCUT2D eigenvalue weighted by molar-refractivity contribution is -0.115. The van der Waals surface area contributed by atoms with Crippen LogP contribution in [0.5, 0.6) is 5.75 Å². The Hall–Kier alpha value is -2.62. The second-order valence-corrected chi connectivity index (χ2v) is 9.11. The third-order valence-electron chi connectivity index (χ3n) is 3.87. The van der Waals surface area contributed by atoms with Gasteiger partial charge in [0.15, 0.2) is 5.13 Å². The Balaban J connectivity index is 1.66. The van der Waals surface area contributed by atoms with Crippen molar-refractivity contribution in [3.8, 4) is 5.75 Å². The lowest BCUT2D eigenvalue weighted by Gasteiger charge is -2.10. The molecule has 0 spiro atoms. The highest BCUT2D eigenvalue weighted by molar-refractivity contribution is 7.93. The number of nitrogens with zero attached hydrogens (tertiary/aromatic N) is 1. The Morgan fingerprint density at radius 2 is 1.93 bits per heavy atom. The van der Waals surface area contributed by atoms with Crippen molar-refractivity contribution in [1.29, 1.82) is 0 Å². The molecule has 0 saturated heterocycles. The standard InChI is InChI=1S/C19H18ClN3O4S2/c1-12-3-8-17(27-2)16(9-12)22-18(24)10-14-11-28-19(21-14)23-29(25,26)15-6-4-13(20)5-7-15/h3-9,11H,10H2,1-2H3,(H,21,23)(H,22,24). The van der Waals surface area contributed by atoms with Crippen molar-refractivity contribution < 1.29 is 17.9 Å². The van der Waals surface area contributed by atoms with Gasteiger partial charge in [-0.1, -0.05) is 17.7 Å². The summed E-state index contributed by atoms with van der Waals surface area (Å²) in [6, 6.07) is 11.3. The van der Waals surface area contributed by atoms with Crippen LogP contribution in [-0.4, -0.2) is 26.4 Å². The Kier molecular flexibility index (Phi) is 6.41. The van der Waals surface area contributed by atoms with Gasteiger partial charge < -0.3 is 10.1 Å². The van der Waals surface area contributed by atoms with Crippen LogP contribution in [0.4, 0.5) is 10.8 Å². The highest BCUT2D eigenvalue weighted by atomic mass is 35.5. The molecule has 1 amide bonds. The van der Waals surface area contributed by atoms with Crippen molar-refractivity contribution in [2.75, 3.05) is 17.1 Å². The van der Waals surface area contributed by atoms with E-state index in [1.807, 2.05) is 19.1 Å². The van der Waals surface area contributed by atoms with Gasteiger partial charge in [0, 0.05) is 10.4 Å². The minimum Gasteiger partial charge on any atom is -0.495 e. The van der Waals surface area contributed by atoms with Crippen molar-refractivity contribution >= 4 is 49.7 Å². The number of rotatable bonds is 7. The first-order valence-electron chi connectivity index (χ1n) is 8.44. The minimum atomic E-state index is -3.79. The number of carbonyl (C=O) groups excluding carboxylic acids is 1. The van der Waals surface area contributed by atoms with Crippen LogP contribution >= 0.6 is 22.9 Å². The number of benzene rings is 2. The molecule has 0 unspecified atom stereocenters. The largest absolute Gasteiger partial charge is 0.495 e. The molecule has 1 heterocycles. The van der Waals surface area contributed by atoms with Gasteiger partial charge in [0.1, 0.15) is 5.75 Å². The van der Waals surface area contributed by atoms with Crippen LogP contribution in [0.1, 0.15) is 11.3 Å². The van der Waals surface area contributed by atoms with E-state index in [4.69, 9.17) is 16.3 Å². The number of carbonyl (C=O) groups is 1. The van der Waals surface area contributed by atoms with Crippen LogP contribution in [-0.2, 0) is 21.2 Å². The summed E-state index contributed by atoms with van der Waals surface area (Å²) in [5.41, 5.74) is 2.00. The van der Waals surface area contributed by atoms with Gasteiger partial charge in [-0.3, -0.25) is 9.52 Å². The number of hydrogen-bond acceptors (Lipinski definition) is 6. The number of nitrogens with one attached hydrogen (secondary N) is 2. The lowest BCUT2D eigenvalue weighted by Crippen LogP contribution is -2.16. The number of amides is 1. The fraction of sp³-hybridized carbons (Fsp3) is 0.158. The Bertz CT molecular complexity index is 1130. The van der Waals surface area contributed by atoms with Crippen LogP contribution in [0.3, 0.4) is 0 Å². The van der Waals surface area contributed by atoms with Crippen LogP contribution in [0, 0.1) is 6.92 Å².